The highest BCUT2D eigenvalue weighted by Crippen LogP contribution is 2.38. The Bertz CT molecular complexity index is 971. The standard InChI is InChI=1S/C26H31N3O2/c1-28(24-12-22-14-25(30)27-15-23(22)13-24)26(31)20-8-6-18(7-9-20)16-29-11-10-19-4-2-3-5-21(19)17-29/h2-9,22-24H,10-17H2,1H3,(H,27,30)/t22-,23+,24-/m1/s1. The summed E-state index contributed by atoms with van der Waals surface area (Å²) < 4.78 is 0. The molecule has 1 saturated carbocycles. The maximum Gasteiger partial charge on any atom is 0.253 e. The first-order chi connectivity index (χ1) is 15.1. The average molecular weight is 418 g/mol. The lowest BCUT2D eigenvalue weighted by Crippen LogP contribution is -2.38. The first kappa shape index (κ1) is 20.3. The number of hydrogen-bond donors (Lipinski definition) is 1. The van der Waals surface area contributed by atoms with Gasteiger partial charge in [0.1, 0.15) is 0 Å². The molecule has 5 nitrogen and oxygen atoms in total. The van der Waals surface area contributed by atoms with Crippen LogP contribution in [0.4, 0.5) is 0 Å². The number of nitrogens with zero attached hydrogens (tertiary/aromatic N) is 2. The fraction of sp³-hybridized carbons (Fsp3) is 0.462. The van der Waals surface area contributed by atoms with Gasteiger partial charge >= 0.3 is 0 Å². The molecule has 5 rings (SSSR count). The highest BCUT2D eigenvalue weighted by atomic mass is 16.2. The topological polar surface area (TPSA) is 52.7 Å². The van der Waals surface area contributed by atoms with Crippen LogP contribution in [0.5, 0.6) is 0 Å². The molecule has 31 heavy (non-hydrogen) atoms. The van der Waals surface area contributed by atoms with Crippen molar-refractivity contribution in [3.05, 3.63) is 70.8 Å². The molecule has 2 amide bonds. The number of nitrogens with one attached hydrogen (secondary N) is 1. The molecule has 2 aromatic rings. The molecule has 0 bridgehead atoms. The largest absolute Gasteiger partial charge is 0.356 e. The van der Waals surface area contributed by atoms with E-state index in [4.69, 9.17) is 0 Å². The number of rotatable bonds is 4. The first-order valence-corrected chi connectivity index (χ1v) is 11.5. The molecule has 1 saturated heterocycles. The lowest BCUT2D eigenvalue weighted by atomic mass is 9.89. The molecule has 0 aromatic heterocycles. The number of fused-ring (bicyclic) bond motifs is 2. The molecular weight excluding hydrogens is 386 g/mol. The summed E-state index contributed by atoms with van der Waals surface area (Å²) in [5.74, 6) is 1.17. The number of carbonyl (C=O) groups is 2. The second kappa shape index (κ2) is 8.46. The van der Waals surface area contributed by atoms with Crippen LogP contribution in [-0.2, 0) is 24.3 Å². The summed E-state index contributed by atoms with van der Waals surface area (Å²) in [5.41, 5.74) is 4.89. The summed E-state index contributed by atoms with van der Waals surface area (Å²) in [5, 5.41) is 2.97. The van der Waals surface area contributed by atoms with Crippen molar-refractivity contribution in [1.29, 1.82) is 0 Å². The molecule has 162 valence electrons. The van der Waals surface area contributed by atoms with Gasteiger partial charge < -0.3 is 10.2 Å². The highest BCUT2D eigenvalue weighted by molar-refractivity contribution is 5.94. The van der Waals surface area contributed by atoms with Crippen molar-refractivity contribution in [2.45, 2.75) is 44.8 Å². The molecule has 2 fully saturated rings. The maximum atomic E-state index is 13.1. The minimum atomic E-state index is 0.0846. The summed E-state index contributed by atoms with van der Waals surface area (Å²) in [7, 11) is 1.92. The SMILES string of the molecule is CN(C(=O)c1ccc(CN2CCc3ccccc3C2)cc1)[C@H]1C[C@H]2CNC(=O)C[C@H]2C1. The molecule has 0 unspecified atom stereocenters. The molecule has 0 radical (unpaired) electrons. The average Bonchev–Trinajstić information content (AvgIpc) is 3.22. The van der Waals surface area contributed by atoms with Gasteiger partial charge in [-0.1, -0.05) is 36.4 Å². The van der Waals surface area contributed by atoms with E-state index in [0.29, 0.717) is 18.3 Å². The van der Waals surface area contributed by atoms with Crippen LogP contribution in [-0.4, -0.2) is 47.8 Å². The van der Waals surface area contributed by atoms with Crippen LogP contribution in [0, 0.1) is 11.8 Å². The number of amides is 2. The Balaban J connectivity index is 1.19. The normalized spacial score (nSPS) is 25.5. The number of piperidine rings is 1. The third kappa shape index (κ3) is 4.24. The Morgan fingerprint density at radius 3 is 2.61 bits per heavy atom. The van der Waals surface area contributed by atoms with E-state index < -0.39 is 0 Å². The van der Waals surface area contributed by atoms with E-state index in [1.807, 2.05) is 24.1 Å². The van der Waals surface area contributed by atoms with E-state index in [0.717, 1.165) is 51.0 Å². The fourth-order valence-corrected chi connectivity index (χ4v) is 5.62. The van der Waals surface area contributed by atoms with Crippen molar-refractivity contribution in [3.8, 4) is 0 Å². The number of benzene rings is 2. The molecular formula is C26H31N3O2. The number of carbonyl (C=O) groups excluding carboxylic acids is 2. The van der Waals surface area contributed by atoms with Gasteiger partial charge in [-0.2, -0.15) is 0 Å². The van der Waals surface area contributed by atoms with Crippen molar-refractivity contribution in [3.63, 3.8) is 0 Å². The molecule has 0 spiro atoms. The fourth-order valence-electron chi connectivity index (χ4n) is 5.62. The van der Waals surface area contributed by atoms with E-state index in [9.17, 15) is 9.59 Å². The van der Waals surface area contributed by atoms with Crippen LogP contribution in [0.2, 0.25) is 0 Å². The summed E-state index contributed by atoms with van der Waals surface area (Å²) in [6.07, 6.45) is 3.64. The maximum absolute atomic E-state index is 13.1. The molecule has 1 aliphatic carbocycles. The zero-order valence-electron chi connectivity index (χ0n) is 18.2. The Kier molecular flexibility index (Phi) is 5.53. The van der Waals surface area contributed by atoms with Crippen LogP contribution in [0.15, 0.2) is 48.5 Å². The van der Waals surface area contributed by atoms with Gasteiger partial charge in [0.2, 0.25) is 5.91 Å². The smallest absolute Gasteiger partial charge is 0.253 e. The van der Waals surface area contributed by atoms with Crippen molar-refractivity contribution >= 4 is 11.8 Å². The van der Waals surface area contributed by atoms with E-state index >= 15 is 0 Å². The van der Waals surface area contributed by atoms with Gasteiger partial charge in [-0.15, -0.1) is 0 Å². The van der Waals surface area contributed by atoms with Crippen molar-refractivity contribution in [2.75, 3.05) is 20.1 Å². The Labute approximate surface area is 184 Å². The van der Waals surface area contributed by atoms with Crippen LogP contribution in [0.25, 0.3) is 0 Å². The Morgan fingerprint density at radius 2 is 1.81 bits per heavy atom. The van der Waals surface area contributed by atoms with Gasteiger partial charge in [-0.05, 0) is 59.9 Å². The van der Waals surface area contributed by atoms with Gasteiger partial charge in [-0.3, -0.25) is 14.5 Å². The second-order valence-corrected chi connectivity index (χ2v) is 9.50. The number of hydrogen-bond acceptors (Lipinski definition) is 3. The molecule has 1 N–H and O–H groups in total. The molecule has 5 heteroatoms. The van der Waals surface area contributed by atoms with E-state index in [2.05, 4.69) is 46.6 Å². The first-order valence-electron chi connectivity index (χ1n) is 11.5. The third-order valence-electron chi connectivity index (χ3n) is 7.51. The van der Waals surface area contributed by atoms with E-state index in [1.54, 1.807) is 0 Å². The van der Waals surface area contributed by atoms with Gasteiger partial charge in [0.05, 0.1) is 0 Å². The zero-order valence-corrected chi connectivity index (χ0v) is 18.2. The predicted molar refractivity (Wildman–Crippen MR) is 120 cm³/mol. The summed E-state index contributed by atoms with van der Waals surface area (Å²) in [4.78, 5) is 29.1. The lowest BCUT2D eigenvalue weighted by Gasteiger charge is -2.29. The van der Waals surface area contributed by atoms with Crippen LogP contribution in [0.3, 0.4) is 0 Å². The minimum Gasteiger partial charge on any atom is -0.356 e. The zero-order chi connectivity index (χ0) is 21.4. The summed E-state index contributed by atoms with van der Waals surface area (Å²) in [6, 6.07) is 17.1. The van der Waals surface area contributed by atoms with Gasteiger partial charge in [0.25, 0.3) is 5.91 Å². The molecule has 2 aliphatic heterocycles. The molecule has 3 aliphatic rings. The predicted octanol–water partition coefficient (Wildman–Crippen LogP) is 3.23. The molecule has 2 heterocycles. The molecule has 2 aromatic carbocycles. The summed E-state index contributed by atoms with van der Waals surface area (Å²) >= 11 is 0. The van der Waals surface area contributed by atoms with Crippen molar-refractivity contribution < 1.29 is 9.59 Å². The van der Waals surface area contributed by atoms with E-state index in [-0.39, 0.29) is 17.9 Å². The van der Waals surface area contributed by atoms with Crippen molar-refractivity contribution in [2.24, 2.45) is 11.8 Å². The van der Waals surface area contributed by atoms with Crippen LogP contribution < -0.4 is 5.32 Å². The second-order valence-electron chi connectivity index (χ2n) is 9.50. The van der Waals surface area contributed by atoms with Gasteiger partial charge in [-0.25, -0.2) is 0 Å². The lowest BCUT2D eigenvalue weighted by molar-refractivity contribution is -0.124. The van der Waals surface area contributed by atoms with Crippen molar-refractivity contribution in [1.82, 2.24) is 15.1 Å². The Morgan fingerprint density at radius 1 is 1.06 bits per heavy atom. The Hall–Kier alpha value is -2.66. The monoisotopic (exact) mass is 417 g/mol. The van der Waals surface area contributed by atoms with Crippen LogP contribution in [0.1, 0.15) is 46.3 Å². The highest BCUT2D eigenvalue weighted by Gasteiger charge is 2.40. The van der Waals surface area contributed by atoms with Gasteiger partial charge in [0.15, 0.2) is 0 Å². The molecule has 3 atom stereocenters. The summed E-state index contributed by atoms with van der Waals surface area (Å²) in [6.45, 7) is 3.73. The minimum absolute atomic E-state index is 0.0846. The quantitative estimate of drug-likeness (QED) is 0.831. The third-order valence-corrected chi connectivity index (χ3v) is 7.51. The van der Waals surface area contributed by atoms with E-state index in [1.165, 1.54) is 16.7 Å². The van der Waals surface area contributed by atoms with Crippen LogP contribution >= 0.6 is 0 Å². The van der Waals surface area contributed by atoms with Gasteiger partial charge in [0, 0.05) is 51.3 Å².